The maximum absolute atomic E-state index is 11.4. The fourth-order valence-corrected chi connectivity index (χ4v) is 1.09. The summed E-state index contributed by atoms with van der Waals surface area (Å²) >= 11 is 0. The average molecular weight is 281 g/mol. The highest BCUT2D eigenvalue weighted by molar-refractivity contribution is 7.85. The second-order valence-electron chi connectivity index (χ2n) is 4.35. The summed E-state index contributed by atoms with van der Waals surface area (Å²) in [5.41, 5.74) is -1.81. The van der Waals surface area contributed by atoms with E-state index in [2.05, 4.69) is 9.36 Å². The summed E-state index contributed by atoms with van der Waals surface area (Å²) in [4.78, 5) is 21.8. The normalized spacial score (nSPS) is 13.8. The van der Waals surface area contributed by atoms with Crippen LogP contribution >= 0.6 is 0 Å². The van der Waals surface area contributed by atoms with E-state index in [9.17, 15) is 23.2 Å². The molecule has 0 spiro atoms. The van der Waals surface area contributed by atoms with E-state index >= 15 is 0 Å². The van der Waals surface area contributed by atoms with Gasteiger partial charge in [0.05, 0.1) is 6.26 Å². The zero-order chi connectivity index (χ0) is 14.6. The van der Waals surface area contributed by atoms with Gasteiger partial charge in [-0.3, -0.25) is 4.18 Å². The van der Waals surface area contributed by atoms with E-state index < -0.39 is 39.8 Å². The Bertz CT molecular complexity index is 458. The zero-order valence-corrected chi connectivity index (χ0v) is 11.3. The van der Waals surface area contributed by atoms with E-state index in [0.717, 1.165) is 6.26 Å². The number of hydrogen-bond donors (Lipinski definition) is 1. The van der Waals surface area contributed by atoms with Gasteiger partial charge in [0.1, 0.15) is 12.2 Å². The Balaban J connectivity index is 4.94. The minimum atomic E-state index is -3.81. The first-order valence-corrected chi connectivity index (χ1v) is 6.61. The molecule has 0 bridgehead atoms. The van der Waals surface area contributed by atoms with Gasteiger partial charge in [-0.05, 0) is 25.9 Å². The lowest BCUT2D eigenvalue weighted by Gasteiger charge is -2.19. The molecule has 0 rings (SSSR count). The molecule has 0 aliphatic rings. The van der Waals surface area contributed by atoms with Gasteiger partial charge in [0.2, 0.25) is 5.70 Å². The minimum absolute atomic E-state index is 0.752. The largest absolute Gasteiger partial charge is 0.507 e. The summed E-state index contributed by atoms with van der Waals surface area (Å²) in [6, 6.07) is 0. The van der Waals surface area contributed by atoms with Crippen molar-refractivity contribution >= 4 is 16.1 Å². The second kappa shape index (κ2) is 5.91. The molecule has 0 amide bonds. The molecule has 0 saturated carbocycles. The Kier molecular flexibility index (Phi) is 5.43. The maximum Gasteiger partial charge on any atom is 0.364 e. The molecular weight excluding hydrogens is 266 g/mol. The number of rotatable bonds is 5. The highest BCUT2D eigenvalue weighted by Crippen LogP contribution is 2.14. The summed E-state index contributed by atoms with van der Waals surface area (Å²) in [6.45, 7) is 3.80. The van der Waals surface area contributed by atoms with Gasteiger partial charge in [-0.1, -0.05) is 0 Å². The molecule has 0 heterocycles. The first-order valence-electron chi connectivity index (χ1n) is 4.79. The van der Waals surface area contributed by atoms with Crippen LogP contribution in [0.4, 0.5) is 0 Å². The Labute approximate surface area is 105 Å². The quantitative estimate of drug-likeness (QED) is 0.260. The molecule has 18 heavy (non-hydrogen) atoms. The van der Waals surface area contributed by atoms with Crippen molar-refractivity contribution < 1.29 is 27.2 Å². The van der Waals surface area contributed by atoms with Gasteiger partial charge < -0.3 is 9.84 Å². The number of hydrogen-bond acceptors (Lipinski definition) is 8. The van der Waals surface area contributed by atoms with Gasteiger partial charge in [0, 0.05) is 0 Å². The van der Waals surface area contributed by atoms with Crippen molar-refractivity contribution in [3.8, 4) is 0 Å². The minimum Gasteiger partial charge on any atom is -0.507 e. The van der Waals surface area contributed by atoms with Gasteiger partial charge >= 0.3 is 5.97 Å². The number of nitrogens with zero attached hydrogens (tertiary/aromatic N) is 1. The zero-order valence-electron chi connectivity index (χ0n) is 10.5. The van der Waals surface area contributed by atoms with Crippen LogP contribution in [0.3, 0.4) is 0 Å². The van der Waals surface area contributed by atoms with Crippen molar-refractivity contribution in [2.75, 3.05) is 12.9 Å². The third-order valence-electron chi connectivity index (χ3n) is 1.37. The van der Waals surface area contributed by atoms with Crippen LogP contribution in [-0.2, 0) is 23.8 Å². The standard InChI is InChI=1S/C9H15NO7S/c1-9(2,3)17-8(12)7(10-13)6(11)5-16-18(4,14)15/h11H,5H2,1-4H3. The van der Waals surface area contributed by atoms with Crippen LogP contribution in [0, 0.1) is 4.91 Å². The van der Waals surface area contributed by atoms with E-state index in [1.807, 2.05) is 0 Å². The third-order valence-corrected chi connectivity index (χ3v) is 1.91. The van der Waals surface area contributed by atoms with Crippen molar-refractivity contribution in [2.24, 2.45) is 5.18 Å². The number of carbonyl (C=O) groups excluding carboxylic acids is 1. The summed E-state index contributed by atoms with van der Waals surface area (Å²) in [6.07, 6.45) is 0.752. The molecule has 0 aliphatic carbocycles. The highest BCUT2D eigenvalue weighted by Gasteiger charge is 2.24. The van der Waals surface area contributed by atoms with E-state index in [4.69, 9.17) is 4.74 Å². The lowest BCUT2D eigenvalue weighted by Crippen LogP contribution is -2.25. The smallest absolute Gasteiger partial charge is 0.364 e. The van der Waals surface area contributed by atoms with Crippen LogP contribution < -0.4 is 0 Å². The van der Waals surface area contributed by atoms with Crippen LogP contribution in [0.5, 0.6) is 0 Å². The summed E-state index contributed by atoms with van der Waals surface area (Å²) in [5, 5.41) is 11.6. The molecule has 0 aliphatic heterocycles. The molecular formula is C9H15NO7S. The lowest BCUT2D eigenvalue weighted by atomic mass is 10.2. The number of nitroso groups, excluding NO2 is 1. The molecule has 0 unspecified atom stereocenters. The lowest BCUT2D eigenvalue weighted by molar-refractivity contribution is -0.150. The number of aliphatic hydroxyl groups is 1. The van der Waals surface area contributed by atoms with Crippen molar-refractivity contribution in [3.05, 3.63) is 16.4 Å². The molecule has 0 radical (unpaired) electrons. The molecule has 9 heteroatoms. The molecule has 104 valence electrons. The topological polar surface area (TPSA) is 119 Å². The van der Waals surface area contributed by atoms with Gasteiger partial charge in [-0.25, -0.2) is 4.79 Å². The van der Waals surface area contributed by atoms with E-state index in [1.165, 1.54) is 0 Å². The van der Waals surface area contributed by atoms with Crippen molar-refractivity contribution in [1.29, 1.82) is 0 Å². The van der Waals surface area contributed by atoms with Gasteiger partial charge in [-0.2, -0.15) is 8.42 Å². The van der Waals surface area contributed by atoms with Crippen LogP contribution in [0.2, 0.25) is 0 Å². The Morgan fingerprint density at radius 3 is 2.17 bits per heavy atom. The van der Waals surface area contributed by atoms with Crippen molar-refractivity contribution in [1.82, 2.24) is 0 Å². The molecule has 1 N–H and O–H groups in total. The van der Waals surface area contributed by atoms with Crippen LogP contribution in [0.15, 0.2) is 16.6 Å². The molecule has 0 aromatic heterocycles. The Morgan fingerprint density at radius 1 is 1.33 bits per heavy atom. The van der Waals surface area contributed by atoms with Crippen molar-refractivity contribution in [3.63, 3.8) is 0 Å². The third kappa shape index (κ3) is 6.97. The number of esters is 1. The van der Waals surface area contributed by atoms with Crippen LogP contribution in [0.1, 0.15) is 20.8 Å². The summed E-state index contributed by atoms with van der Waals surface area (Å²) < 4.78 is 30.3. The van der Waals surface area contributed by atoms with Crippen LogP contribution in [-0.4, -0.2) is 38.0 Å². The fourth-order valence-electron chi connectivity index (χ4n) is 0.765. The second-order valence-corrected chi connectivity index (χ2v) is 6.00. The molecule has 0 saturated heterocycles. The molecule has 8 nitrogen and oxygen atoms in total. The molecule has 0 aromatic rings. The van der Waals surface area contributed by atoms with E-state index in [1.54, 1.807) is 20.8 Å². The van der Waals surface area contributed by atoms with Gasteiger partial charge in [0.25, 0.3) is 10.1 Å². The predicted molar refractivity (Wildman–Crippen MR) is 62.1 cm³/mol. The number of ether oxygens (including phenoxy) is 1. The Morgan fingerprint density at radius 2 is 1.83 bits per heavy atom. The highest BCUT2D eigenvalue weighted by atomic mass is 32.2. The van der Waals surface area contributed by atoms with Gasteiger partial charge in [0.15, 0.2) is 5.76 Å². The first kappa shape index (κ1) is 16.5. The Hall–Kier alpha value is -1.48. The summed E-state index contributed by atoms with van der Waals surface area (Å²) in [5.74, 6) is -2.07. The summed E-state index contributed by atoms with van der Waals surface area (Å²) in [7, 11) is -3.81. The number of carbonyl (C=O) groups is 1. The predicted octanol–water partition coefficient (Wildman–Crippen LogP) is 0.840. The maximum atomic E-state index is 11.4. The van der Waals surface area contributed by atoms with Crippen molar-refractivity contribution in [2.45, 2.75) is 26.4 Å². The monoisotopic (exact) mass is 281 g/mol. The van der Waals surface area contributed by atoms with E-state index in [-0.39, 0.29) is 0 Å². The molecule has 0 aromatic carbocycles. The van der Waals surface area contributed by atoms with Gasteiger partial charge in [-0.15, -0.1) is 4.91 Å². The van der Waals surface area contributed by atoms with Crippen LogP contribution in [0.25, 0.3) is 0 Å². The first-order chi connectivity index (χ1) is 7.96. The number of aliphatic hydroxyl groups excluding tert-OH is 1. The molecule has 0 fully saturated rings. The van der Waals surface area contributed by atoms with E-state index in [0.29, 0.717) is 0 Å². The fraction of sp³-hybridized carbons (Fsp3) is 0.667. The molecule has 0 atom stereocenters. The average Bonchev–Trinajstić information content (AvgIpc) is 2.11. The SMILES string of the molecule is CC(C)(C)OC(=O)C(N=O)=C(O)COS(C)(=O)=O.